The average molecular weight is 399 g/mol. The van der Waals surface area contributed by atoms with Crippen molar-refractivity contribution >= 4 is 17.5 Å². The first-order chi connectivity index (χ1) is 14.2. The van der Waals surface area contributed by atoms with Crippen molar-refractivity contribution in [2.45, 2.75) is 38.5 Å². The highest BCUT2D eigenvalue weighted by molar-refractivity contribution is 5.79. The van der Waals surface area contributed by atoms with Gasteiger partial charge in [-0.2, -0.15) is 0 Å². The Bertz CT molecular complexity index is 851. The van der Waals surface area contributed by atoms with Gasteiger partial charge in [-0.05, 0) is 57.8 Å². The Morgan fingerprint density at radius 2 is 1.83 bits per heavy atom. The first-order valence-electron chi connectivity index (χ1n) is 10.6. The van der Waals surface area contributed by atoms with Crippen LogP contribution in [0.1, 0.15) is 44.3 Å². The number of carbonyl (C=O) groups excluding carboxylic acids is 2. The Morgan fingerprint density at radius 3 is 2.55 bits per heavy atom. The summed E-state index contributed by atoms with van der Waals surface area (Å²) in [6, 6.07) is 5.94. The van der Waals surface area contributed by atoms with Gasteiger partial charge in [-0.3, -0.25) is 18.9 Å². The summed E-state index contributed by atoms with van der Waals surface area (Å²) >= 11 is 0. The summed E-state index contributed by atoms with van der Waals surface area (Å²) in [5, 5.41) is 8.65. The van der Waals surface area contributed by atoms with Crippen LogP contribution >= 0.6 is 0 Å². The van der Waals surface area contributed by atoms with E-state index in [0.29, 0.717) is 45.0 Å². The first kappa shape index (κ1) is 19.8. The molecule has 156 valence electrons. The molecule has 4 rings (SSSR count). The summed E-state index contributed by atoms with van der Waals surface area (Å²) in [6.45, 7) is 5.76. The minimum Gasteiger partial charge on any atom is -0.466 e. The molecule has 2 fully saturated rings. The Morgan fingerprint density at radius 1 is 1.07 bits per heavy atom. The zero-order valence-electron chi connectivity index (χ0n) is 17.0. The van der Waals surface area contributed by atoms with Crippen molar-refractivity contribution in [1.82, 2.24) is 24.4 Å². The highest BCUT2D eigenvalue weighted by Gasteiger charge is 2.30. The minimum absolute atomic E-state index is 0.0623. The number of piperidine rings is 2. The molecule has 0 atom stereocenters. The van der Waals surface area contributed by atoms with Gasteiger partial charge >= 0.3 is 5.97 Å². The largest absolute Gasteiger partial charge is 0.466 e. The van der Waals surface area contributed by atoms with E-state index in [0.717, 1.165) is 37.4 Å². The molecule has 2 aliphatic heterocycles. The second-order valence-electron chi connectivity index (χ2n) is 7.94. The number of amides is 1. The lowest BCUT2D eigenvalue weighted by molar-refractivity contribution is -0.151. The summed E-state index contributed by atoms with van der Waals surface area (Å²) in [5.74, 6) is 1.38. The molecule has 29 heavy (non-hydrogen) atoms. The number of fused-ring (bicyclic) bond motifs is 1. The lowest BCUT2D eigenvalue weighted by Crippen LogP contribution is -2.46. The van der Waals surface area contributed by atoms with Gasteiger partial charge in [-0.15, -0.1) is 10.2 Å². The van der Waals surface area contributed by atoms with Crippen LogP contribution in [0.2, 0.25) is 0 Å². The normalized spacial score (nSPS) is 19.6. The van der Waals surface area contributed by atoms with Crippen molar-refractivity contribution in [3.05, 3.63) is 30.2 Å². The van der Waals surface area contributed by atoms with E-state index >= 15 is 0 Å². The molecular weight excluding hydrogens is 370 g/mol. The number of rotatable bonds is 5. The summed E-state index contributed by atoms with van der Waals surface area (Å²) in [6.07, 6.45) is 5.38. The maximum atomic E-state index is 12.7. The Hall–Kier alpha value is -2.48. The van der Waals surface area contributed by atoms with Crippen LogP contribution < -0.4 is 0 Å². The van der Waals surface area contributed by atoms with Gasteiger partial charge < -0.3 is 9.64 Å². The molecule has 1 amide bonds. The highest BCUT2D eigenvalue weighted by Crippen LogP contribution is 2.27. The second kappa shape index (κ2) is 8.90. The molecule has 0 bridgehead atoms. The lowest BCUT2D eigenvalue weighted by Gasteiger charge is -2.35. The van der Waals surface area contributed by atoms with Gasteiger partial charge in [0.25, 0.3) is 0 Å². The van der Waals surface area contributed by atoms with Crippen LogP contribution in [0.25, 0.3) is 5.65 Å². The molecule has 2 aromatic heterocycles. The molecule has 2 aromatic rings. The topological polar surface area (TPSA) is 80.0 Å². The van der Waals surface area contributed by atoms with Gasteiger partial charge in [0, 0.05) is 25.2 Å². The number of nitrogens with zero attached hydrogens (tertiary/aromatic N) is 5. The average Bonchev–Trinajstić information content (AvgIpc) is 3.19. The van der Waals surface area contributed by atoms with Crippen molar-refractivity contribution in [3.63, 3.8) is 0 Å². The third-order valence-corrected chi connectivity index (χ3v) is 6.12. The van der Waals surface area contributed by atoms with Crippen molar-refractivity contribution in [2.75, 3.05) is 39.3 Å². The number of likely N-dealkylation sites (tertiary alicyclic amines) is 2. The maximum Gasteiger partial charge on any atom is 0.309 e. The first-order valence-corrected chi connectivity index (χ1v) is 10.6. The molecule has 8 nitrogen and oxygen atoms in total. The van der Waals surface area contributed by atoms with E-state index in [9.17, 15) is 9.59 Å². The Balaban J connectivity index is 1.25. The standard InChI is InChI=1S/C21H29N5O3/c1-2-29-21(28)17-8-13-25(14-9-17)19(27)15-24-11-6-16(7-12-24)20-23-22-18-5-3-4-10-26(18)20/h3-5,10,16-17H,2,6-9,11-15H2,1H3. The Kier molecular flexibility index (Phi) is 6.08. The molecule has 2 saturated heterocycles. The van der Waals surface area contributed by atoms with Crippen molar-refractivity contribution < 1.29 is 14.3 Å². The number of hydrogen-bond donors (Lipinski definition) is 0. The van der Waals surface area contributed by atoms with Gasteiger partial charge in [-0.1, -0.05) is 6.07 Å². The van der Waals surface area contributed by atoms with E-state index in [-0.39, 0.29) is 17.8 Å². The number of ether oxygens (including phenoxy) is 1. The van der Waals surface area contributed by atoms with Crippen LogP contribution in [0.5, 0.6) is 0 Å². The predicted molar refractivity (Wildman–Crippen MR) is 107 cm³/mol. The fourth-order valence-electron chi connectivity index (χ4n) is 4.40. The summed E-state index contributed by atoms with van der Waals surface area (Å²) in [4.78, 5) is 28.7. The maximum absolute atomic E-state index is 12.7. The predicted octanol–water partition coefficient (Wildman–Crippen LogP) is 1.71. The van der Waals surface area contributed by atoms with Crippen LogP contribution in [-0.4, -0.2) is 75.6 Å². The van der Waals surface area contributed by atoms with E-state index in [1.807, 2.05) is 36.2 Å². The molecule has 8 heteroatoms. The summed E-state index contributed by atoms with van der Waals surface area (Å²) in [5.41, 5.74) is 0.881. The van der Waals surface area contributed by atoms with Crippen LogP contribution in [0.3, 0.4) is 0 Å². The number of carbonyl (C=O) groups is 2. The smallest absolute Gasteiger partial charge is 0.309 e. The molecular formula is C21H29N5O3. The van der Waals surface area contributed by atoms with Gasteiger partial charge in [-0.25, -0.2) is 0 Å². The fourth-order valence-corrected chi connectivity index (χ4v) is 4.40. The van der Waals surface area contributed by atoms with E-state index in [1.165, 1.54) is 0 Å². The van der Waals surface area contributed by atoms with Gasteiger partial charge in [0.05, 0.1) is 19.1 Å². The zero-order valence-corrected chi connectivity index (χ0v) is 17.0. The summed E-state index contributed by atoms with van der Waals surface area (Å²) < 4.78 is 7.17. The van der Waals surface area contributed by atoms with Gasteiger partial charge in [0.15, 0.2) is 5.65 Å². The number of aromatic nitrogens is 3. The van der Waals surface area contributed by atoms with Gasteiger partial charge in [0.2, 0.25) is 5.91 Å². The third-order valence-electron chi connectivity index (χ3n) is 6.12. The Labute approximate surface area is 170 Å². The fraction of sp³-hybridized carbons (Fsp3) is 0.619. The van der Waals surface area contributed by atoms with Crippen LogP contribution in [-0.2, 0) is 14.3 Å². The molecule has 0 N–H and O–H groups in total. The van der Waals surface area contributed by atoms with E-state index in [4.69, 9.17) is 4.74 Å². The van der Waals surface area contributed by atoms with Crippen molar-refractivity contribution in [3.8, 4) is 0 Å². The van der Waals surface area contributed by atoms with Crippen molar-refractivity contribution in [2.24, 2.45) is 5.92 Å². The van der Waals surface area contributed by atoms with E-state index in [1.54, 1.807) is 0 Å². The van der Waals surface area contributed by atoms with Crippen LogP contribution in [0.4, 0.5) is 0 Å². The monoisotopic (exact) mass is 399 g/mol. The lowest BCUT2D eigenvalue weighted by atomic mass is 9.95. The molecule has 0 spiro atoms. The molecule has 0 unspecified atom stereocenters. The number of pyridine rings is 1. The zero-order chi connectivity index (χ0) is 20.2. The molecule has 0 radical (unpaired) electrons. The van der Waals surface area contributed by atoms with Crippen LogP contribution in [0, 0.1) is 5.92 Å². The highest BCUT2D eigenvalue weighted by atomic mass is 16.5. The molecule has 4 heterocycles. The van der Waals surface area contributed by atoms with Crippen LogP contribution in [0.15, 0.2) is 24.4 Å². The van der Waals surface area contributed by atoms with Gasteiger partial charge in [0.1, 0.15) is 5.82 Å². The second-order valence-corrected chi connectivity index (χ2v) is 7.94. The van der Waals surface area contributed by atoms with E-state index in [2.05, 4.69) is 19.5 Å². The van der Waals surface area contributed by atoms with Crippen molar-refractivity contribution in [1.29, 1.82) is 0 Å². The quantitative estimate of drug-likeness (QED) is 0.712. The molecule has 0 aromatic carbocycles. The number of hydrogen-bond acceptors (Lipinski definition) is 6. The number of esters is 1. The summed E-state index contributed by atoms with van der Waals surface area (Å²) in [7, 11) is 0. The van der Waals surface area contributed by atoms with E-state index < -0.39 is 0 Å². The SMILES string of the molecule is CCOC(=O)C1CCN(C(=O)CN2CCC(c3nnc4ccccn34)CC2)CC1. The molecule has 2 aliphatic rings. The molecule has 0 saturated carbocycles. The third kappa shape index (κ3) is 4.42. The minimum atomic E-state index is -0.123. The molecule has 0 aliphatic carbocycles.